The lowest BCUT2D eigenvalue weighted by Gasteiger charge is -2.38. The molecule has 3 aromatic rings. The second-order valence-corrected chi connectivity index (χ2v) is 8.89. The molecule has 2 heterocycles. The molecule has 0 amide bonds. The van der Waals surface area contributed by atoms with Crippen LogP contribution in [-0.4, -0.2) is 25.5 Å². The SMILES string of the molecule is CC1(C)CC(=O)C2=C(C1)Nc1nc(-c3cccc([N+](=O)[O-])c3)nn1C2c1ccccc1F. The quantitative estimate of drug-likeness (QED) is 0.476. The van der Waals surface area contributed by atoms with Crippen LogP contribution in [0.2, 0.25) is 0 Å². The van der Waals surface area contributed by atoms with E-state index in [-0.39, 0.29) is 22.7 Å². The Morgan fingerprint density at radius 3 is 2.72 bits per heavy atom. The van der Waals surface area contributed by atoms with Gasteiger partial charge in [-0.2, -0.15) is 4.98 Å². The molecule has 2 aromatic carbocycles. The van der Waals surface area contributed by atoms with E-state index >= 15 is 0 Å². The molecule has 0 bridgehead atoms. The number of hydrogen-bond donors (Lipinski definition) is 1. The lowest BCUT2D eigenvalue weighted by molar-refractivity contribution is -0.384. The van der Waals surface area contributed by atoms with Gasteiger partial charge in [0.2, 0.25) is 5.95 Å². The fraction of sp³-hybridized carbons (Fsp3) is 0.261. The lowest BCUT2D eigenvalue weighted by atomic mass is 9.73. The molecule has 1 N–H and O–H groups in total. The fourth-order valence-electron chi connectivity index (χ4n) is 4.47. The minimum atomic E-state index is -0.772. The number of nitro groups is 1. The second-order valence-electron chi connectivity index (χ2n) is 8.89. The summed E-state index contributed by atoms with van der Waals surface area (Å²) in [5.74, 6) is 0.116. The molecule has 1 aromatic heterocycles. The van der Waals surface area contributed by atoms with Gasteiger partial charge in [-0.25, -0.2) is 9.07 Å². The molecule has 1 atom stereocenters. The Bertz CT molecular complexity index is 1310. The first-order valence-corrected chi connectivity index (χ1v) is 10.2. The number of nitrogens with zero attached hydrogens (tertiary/aromatic N) is 4. The molecule has 0 saturated carbocycles. The van der Waals surface area contributed by atoms with Gasteiger partial charge < -0.3 is 5.32 Å². The van der Waals surface area contributed by atoms with E-state index in [1.54, 1.807) is 30.3 Å². The normalized spacial score (nSPS) is 19.2. The number of carbonyl (C=O) groups excluding carboxylic acids is 1. The van der Waals surface area contributed by atoms with Crippen LogP contribution in [0.1, 0.15) is 38.3 Å². The first-order chi connectivity index (χ1) is 15.2. The second kappa shape index (κ2) is 7.08. The highest BCUT2D eigenvalue weighted by atomic mass is 19.1. The van der Waals surface area contributed by atoms with Crippen molar-refractivity contribution in [3.63, 3.8) is 0 Å². The Morgan fingerprint density at radius 2 is 1.97 bits per heavy atom. The number of nitrogens with one attached hydrogen (secondary N) is 1. The van der Waals surface area contributed by atoms with Crippen molar-refractivity contribution in [1.82, 2.24) is 14.8 Å². The number of allylic oxidation sites excluding steroid dienone is 2. The number of benzene rings is 2. The Kier molecular flexibility index (Phi) is 4.44. The summed E-state index contributed by atoms with van der Waals surface area (Å²) in [6.45, 7) is 4.03. The summed E-state index contributed by atoms with van der Waals surface area (Å²) in [7, 11) is 0. The van der Waals surface area contributed by atoms with E-state index in [2.05, 4.69) is 15.4 Å². The predicted molar refractivity (Wildman–Crippen MR) is 115 cm³/mol. The molecule has 1 aliphatic carbocycles. The van der Waals surface area contributed by atoms with Crippen molar-refractivity contribution in [3.8, 4) is 11.4 Å². The third-order valence-electron chi connectivity index (χ3n) is 5.85. The molecule has 0 radical (unpaired) electrons. The first-order valence-electron chi connectivity index (χ1n) is 10.2. The van der Waals surface area contributed by atoms with Crippen molar-refractivity contribution in [2.45, 2.75) is 32.7 Å². The molecule has 2 aliphatic rings. The van der Waals surface area contributed by atoms with Gasteiger partial charge in [-0.1, -0.05) is 44.2 Å². The zero-order valence-corrected chi connectivity index (χ0v) is 17.5. The van der Waals surface area contributed by atoms with Gasteiger partial charge in [0, 0.05) is 41.0 Å². The molecule has 1 unspecified atom stereocenters. The summed E-state index contributed by atoms with van der Waals surface area (Å²) in [4.78, 5) is 28.4. The average Bonchev–Trinajstić information content (AvgIpc) is 3.16. The van der Waals surface area contributed by atoms with Gasteiger partial charge in [-0.15, -0.1) is 5.10 Å². The third-order valence-corrected chi connectivity index (χ3v) is 5.85. The number of rotatable bonds is 3. The molecule has 8 nitrogen and oxygen atoms in total. The molecule has 162 valence electrons. The summed E-state index contributed by atoms with van der Waals surface area (Å²) < 4.78 is 16.4. The van der Waals surface area contributed by atoms with Crippen molar-refractivity contribution >= 4 is 17.4 Å². The van der Waals surface area contributed by atoms with Crippen LogP contribution >= 0.6 is 0 Å². The van der Waals surface area contributed by atoms with Gasteiger partial charge in [-0.3, -0.25) is 14.9 Å². The number of nitro benzene ring substituents is 1. The molecular weight excluding hydrogens is 413 g/mol. The molecule has 1 aliphatic heterocycles. The molecule has 0 saturated heterocycles. The number of aromatic nitrogens is 3. The van der Waals surface area contributed by atoms with Crippen molar-refractivity contribution < 1.29 is 14.1 Å². The van der Waals surface area contributed by atoms with Crippen LogP contribution in [-0.2, 0) is 4.79 Å². The maximum atomic E-state index is 14.9. The highest BCUT2D eigenvalue weighted by Gasteiger charge is 2.42. The number of carbonyl (C=O) groups is 1. The van der Waals surface area contributed by atoms with Crippen molar-refractivity contribution in [1.29, 1.82) is 0 Å². The number of anilines is 1. The van der Waals surface area contributed by atoms with Crippen LogP contribution in [0.3, 0.4) is 0 Å². The number of Topliss-reactive ketones (excluding diaryl/α,β-unsaturated/α-hetero) is 1. The molecule has 32 heavy (non-hydrogen) atoms. The maximum Gasteiger partial charge on any atom is 0.270 e. The Morgan fingerprint density at radius 1 is 1.19 bits per heavy atom. The lowest BCUT2D eigenvalue weighted by Crippen LogP contribution is -2.36. The van der Waals surface area contributed by atoms with E-state index in [0.29, 0.717) is 41.2 Å². The number of halogens is 1. The van der Waals surface area contributed by atoms with E-state index in [1.165, 1.54) is 22.9 Å². The number of non-ortho nitro benzene ring substituents is 1. The van der Waals surface area contributed by atoms with Gasteiger partial charge >= 0.3 is 0 Å². The molecule has 9 heteroatoms. The minimum Gasteiger partial charge on any atom is -0.328 e. The standard InChI is InChI=1S/C23H20FN5O3/c1-23(2)11-17-19(18(30)12-23)20(15-8-3-4-9-16(15)24)28-22(25-17)26-21(27-28)13-6-5-7-14(10-13)29(31)32/h3-10,20H,11-12H2,1-2H3,(H,25,26,27). The van der Waals surface area contributed by atoms with Crippen LogP contribution in [0.15, 0.2) is 59.8 Å². The van der Waals surface area contributed by atoms with Gasteiger partial charge in [0.05, 0.1) is 4.92 Å². The van der Waals surface area contributed by atoms with E-state index in [9.17, 15) is 19.3 Å². The van der Waals surface area contributed by atoms with E-state index in [0.717, 1.165) is 0 Å². The zero-order chi connectivity index (χ0) is 22.6. The minimum absolute atomic E-state index is 0.0601. The molecule has 0 spiro atoms. The summed E-state index contributed by atoms with van der Waals surface area (Å²) in [6, 6.07) is 11.5. The number of hydrogen-bond acceptors (Lipinski definition) is 6. The Balaban J connectivity index is 1.69. The third kappa shape index (κ3) is 3.26. The van der Waals surface area contributed by atoms with Gasteiger partial charge in [0.1, 0.15) is 11.9 Å². The number of ketones is 1. The van der Waals surface area contributed by atoms with Crippen LogP contribution in [0.5, 0.6) is 0 Å². The fourth-order valence-corrected chi connectivity index (χ4v) is 4.47. The summed E-state index contributed by atoms with van der Waals surface area (Å²) >= 11 is 0. The van der Waals surface area contributed by atoms with Gasteiger partial charge in [-0.05, 0) is 17.9 Å². The van der Waals surface area contributed by atoms with Gasteiger partial charge in [0.25, 0.3) is 5.69 Å². The van der Waals surface area contributed by atoms with Crippen molar-refractivity contribution in [3.05, 3.63) is 81.3 Å². The summed E-state index contributed by atoms with van der Waals surface area (Å²) in [5.41, 5.74) is 1.66. The first kappa shape index (κ1) is 20.0. The Labute approximate surface area is 182 Å². The van der Waals surface area contributed by atoms with Crippen LogP contribution < -0.4 is 5.32 Å². The predicted octanol–water partition coefficient (Wildman–Crippen LogP) is 4.65. The highest BCUT2D eigenvalue weighted by molar-refractivity contribution is 6.00. The molecular formula is C23H20FN5O3. The monoisotopic (exact) mass is 433 g/mol. The average molecular weight is 433 g/mol. The van der Waals surface area contributed by atoms with E-state index in [4.69, 9.17) is 0 Å². The van der Waals surface area contributed by atoms with Crippen LogP contribution in [0.25, 0.3) is 11.4 Å². The zero-order valence-electron chi connectivity index (χ0n) is 17.5. The molecule has 5 rings (SSSR count). The van der Waals surface area contributed by atoms with Crippen molar-refractivity contribution in [2.24, 2.45) is 5.41 Å². The van der Waals surface area contributed by atoms with E-state index < -0.39 is 16.8 Å². The summed E-state index contributed by atoms with van der Waals surface area (Å²) in [5, 5.41) is 19.0. The highest BCUT2D eigenvalue weighted by Crippen LogP contribution is 2.46. The molecule has 0 fully saturated rings. The number of fused-ring (bicyclic) bond motifs is 1. The van der Waals surface area contributed by atoms with Crippen molar-refractivity contribution in [2.75, 3.05) is 5.32 Å². The largest absolute Gasteiger partial charge is 0.328 e. The van der Waals surface area contributed by atoms with Crippen LogP contribution in [0.4, 0.5) is 16.0 Å². The Hall–Kier alpha value is -3.88. The topological polar surface area (TPSA) is 103 Å². The maximum absolute atomic E-state index is 14.9. The smallest absolute Gasteiger partial charge is 0.270 e. The van der Waals surface area contributed by atoms with E-state index in [1.807, 2.05) is 13.8 Å². The van der Waals surface area contributed by atoms with Gasteiger partial charge in [0.15, 0.2) is 11.6 Å². The summed E-state index contributed by atoms with van der Waals surface area (Å²) in [6.07, 6.45) is 0.957. The van der Waals surface area contributed by atoms with Crippen LogP contribution in [0, 0.1) is 21.3 Å².